The van der Waals surface area contributed by atoms with Gasteiger partial charge in [-0.3, -0.25) is 61.6 Å². The molecule has 14 N–H and O–H groups in total. The number of aromatic amines is 1. The molecule has 0 saturated carbocycles. The molecule has 8 amide bonds. The summed E-state index contributed by atoms with van der Waals surface area (Å²) in [6.45, 7) is 5.90. The maximum atomic E-state index is 13.3. The Balaban J connectivity index is 0.000000131. The van der Waals surface area contributed by atoms with Crippen LogP contribution in [0.3, 0.4) is 0 Å². The molecule has 3 aromatic carbocycles. The molecule has 6 saturated heterocycles. The molecule has 10 aliphatic rings. The third-order valence-corrected chi connectivity index (χ3v) is 23.4. The number of anilines is 6. The van der Waals surface area contributed by atoms with Crippen LogP contribution in [-0.2, 0) is 60.6 Å². The van der Waals surface area contributed by atoms with Gasteiger partial charge < -0.3 is 98.1 Å². The first-order chi connectivity index (χ1) is 65.3. The number of carbonyl (C=O) groups is 9. The maximum absolute atomic E-state index is 13.3. The Kier molecular flexibility index (Phi) is 30.2. The van der Waals surface area contributed by atoms with E-state index in [1.165, 1.54) is 73.4 Å². The van der Waals surface area contributed by atoms with Crippen molar-refractivity contribution < 1.29 is 57.4 Å². The molecular weight excluding hydrogens is 1800 g/mol. The van der Waals surface area contributed by atoms with E-state index >= 15 is 0 Å². The van der Waals surface area contributed by atoms with E-state index in [2.05, 4.69) is 97.6 Å². The van der Waals surface area contributed by atoms with E-state index in [0.29, 0.717) is 87.2 Å². The highest BCUT2D eigenvalue weighted by Crippen LogP contribution is 2.37. The number of benzene rings is 3. The molecule has 4 atom stereocenters. The van der Waals surface area contributed by atoms with Crippen molar-refractivity contribution in [1.82, 2.24) is 110 Å². The monoisotopic (exact) mass is 1890 g/mol. The molecule has 21 rings (SSSR count). The third kappa shape index (κ3) is 22.2. The largest absolute Gasteiger partial charge is 0.445 e. The summed E-state index contributed by atoms with van der Waals surface area (Å²) in [4.78, 5) is 196. The van der Waals surface area contributed by atoms with Gasteiger partial charge in [0.2, 0.25) is 0 Å². The Morgan fingerprint density at radius 1 is 0.434 bits per heavy atom. The zero-order chi connectivity index (χ0) is 94.8. The number of H-pyrrole nitrogens is 1. The number of carbonyl (C=O) groups excluding carboxylic acids is 9. The molecule has 0 radical (unpaired) electrons. The number of fused-ring (bicyclic) bond motifs is 8. The number of hydrogen-bond acceptors (Lipinski definition) is 31. The van der Waals surface area contributed by atoms with E-state index in [-0.39, 0.29) is 126 Å². The number of likely N-dealkylation sites (tertiary alicyclic amines) is 3. The molecule has 45 heteroatoms. The summed E-state index contributed by atoms with van der Waals surface area (Å²) in [7, 11) is 0. The van der Waals surface area contributed by atoms with E-state index in [4.69, 9.17) is 48.9 Å². The SMILES string of the molecule is C.NC(=O)c1ccc(Cl)c(=O)[nH]1.Nc1ccncn1.O=C1CCN(C(=O)OCc2ccccc2)C1.O=C1NC2(CCN(C(=O)OCc3ccccc3)C2)n2c1ccc(Cl)c2=O.O=C1NC2(CCN(C(=O)OCc3ccccc3)C2)n2c1ccc(Nc1ccncn1)c2=O.O=C1NC2(CCNC2)N2CC(Nc3ccncn3)=CC=C12.O=C1NC2(CCNC2)n2c1ccc(Nc1ccncn1)c2=O. The van der Waals surface area contributed by atoms with Gasteiger partial charge in [0.15, 0.2) is 5.78 Å². The second-order valence-corrected chi connectivity index (χ2v) is 32.6. The number of primary amides is 1. The number of Topliss-reactive ketones (excluding diaryl/α,β-unsaturated/α-hetero) is 1. The maximum Gasteiger partial charge on any atom is 0.410 e. The lowest BCUT2D eigenvalue weighted by Gasteiger charge is -2.37. The molecule has 702 valence electrons. The van der Waals surface area contributed by atoms with Crippen molar-refractivity contribution in [2.75, 3.05) is 93.7 Å². The van der Waals surface area contributed by atoms with Gasteiger partial charge in [-0.05, 0) is 115 Å². The number of nitrogens with two attached hydrogens (primary N) is 2. The van der Waals surface area contributed by atoms with Crippen LogP contribution >= 0.6 is 23.2 Å². The normalized spacial score (nSPS) is 19.4. The minimum atomic E-state index is -1.02. The quantitative estimate of drug-likeness (QED) is 0.0612. The lowest BCUT2D eigenvalue weighted by molar-refractivity contribution is -0.117. The van der Waals surface area contributed by atoms with Crippen LogP contribution in [0.2, 0.25) is 10.0 Å². The van der Waals surface area contributed by atoms with E-state index in [1.54, 1.807) is 71.8 Å². The van der Waals surface area contributed by atoms with Gasteiger partial charge in [-0.1, -0.05) is 122 Å². The van der Waals surface area contributed by atoms with E-state index < -0.39 is 52.3 Å². The van der Waals surface area contributed by atoms with Gasteiger partial charge in [0.05, 0.1) is 26.2 Å². The number of hydrogen-bond donors (Lipinski definition) is 12. The molecule has 4 unspecified atom stereocenters. The highest BCUT2D eigenvalue weighted by Gasteiger charge is 2.53. The number of nitrogen functional groups attached to an aromatic ring is 1. The Labute approximate surface area is 784 Å². The number of nitrogens with zero attached hydrogens (tertiary/aromatic N) is 15. The Hall–Kier alpha value is -16.4. The minimum Gasteiger partial charge on any atom is -0.445 e. The molecule has 6 fully saturated rings. The van der Waals surface area contributed by atoms with E-state index in [1.807, 2.05) is 109 Å². The standard InChI is InChI=1S/C22H20N6O4.C18H16ClN3O4.C14H14N6O2.C14H16N6O.C12H13NO3.C6H5ClN2O2.C4H5N3.CH4/c29-19-17-7-6-16(25-18-8-10-23-14-24-18)20(30)28(17)22(26-19)9-11-27(13-22)21(31)32-12-15-4-2-1-3-5-15;19-13-6-7-14-15(23)20-18(22(14)16(13)24)8-9-21(11-18)17(25)26-10-12-4-2-1-3-5-12;21-12-10-2-1-9(18-11-3-5-16-8-17-11)13(22)20(10)14(19-12)4-6-15-7-14;21-13-11-2-1-10(18-12-3-5-16-9-17-12)7-20(11)14(19-13)4-6-15-8-14;14-11-6-7-13(8-11)12(15)16-9-10-4-2-1-3-5-10;7-3-1-2-4(5(8)10)9-6(3)11;5-4-1-2-6-3-7-4;/h1-8,10,14H,9,11-13H2,(H,26,29)(H,23,24,25);1-7H,8-11H2,(H,20,23);1-3,5,8,15H,4,6-7H2,(H,19,21)(H,16,17,18);1-3,5,9,15H,4,6-8H2,(H,19,21)(H,16,17,18);1-5H,6-9H2;1-2H,(H2,8,10)(H,9,11);1-3H,(H2,5,6,7);1H4. The summed E-state index contributed by atoms with van der Waals surface area (Å²) in [5.41, 5.74) is 11.7. The summed E-state index contributed by atoms with van der Waals surface area (Å²) in [5, 5.41) is 27.6. The van der Waals surface area contributed by atoms with Crippen LogP contribution in [0.15, 0.2) is 257 Å². The number of allylic oxidation sites excluding steroid dienone is 2. The average molecular weight is 1890 g/mol. The summed E-state index contributed by atoms with van der Waals surface area (Å²) >= 11 is 11.3. The first-order valence-electron chi connectivity index (χ1n) is 42.3. The van der Waals surface area contributed by atoms with Crippen molar-refractivity contribution in [3.8, 4) is 0 Å². The van der Waals surface area contributed by atoms with Gasteiger partial charge in [0, 0.05) is 95.3 Å². The molecule has 10 aliphatic heterocycles. The fraction of sp³-hybridized carbons (Fsp3) is 0.264. The van der Waals surface area contributed by atoms with Crippen molar-refractivity contribution in [1.29, 1.82) is 0 Å². The van der Waals surface area contributed by atoms with Crippen LogP contribution < -0.4 is 81.6 Å². The molecule has 8 aromatic heterocycles. The van der Waals surface area contributed by atoms with Crippen LogP contribution in [-0.4, -0.2) is 209 Å². The fourth-order valence-electron chi connectivity index (χ4n) is 16.3. The summed E-state index contributed by atoms with van der Waals surface area (Å²) in [6, 6.07) is 47.0. The predicted molar refractivity (Wildman–Crippen MR) is 496 cm³/mol. The summed E-state index contributed by atoms with van der Waals surface area (Å²) in [5.74, 6) is 0.763. The van der Waals surface area contributed by atoms with Gasteiger partial charge in [-0.2, -0.15) is 0 Å². The summed E-state index contributed by atoms with van der Waals surface area (Å²) < 4.78 is 20.2. The highest BCUT2D eigenvalue weighted by molar-refractivity contribution is 6.30. The molecule has 136 heavy (non-hydrogen) atoms. The second kappa shape index (κ2) is 42.9. The van der Waals surface area contributed by atoms with E-state index in [9.17, 15) is 62.3 Å². The predicted octanol–water partition coefficient (Wildman–Crippen LogP) is 5.74. The van der Waals surface area contributed by atoms with Crippen LogP contribution in [0.5, 0.6) is 0 Å². The fourth-order valence-corrected chi connectivity index (χ4v) is 16.5. The van der Waals surface area contributed by atoms with Gasteiger partial charge >= 0.3 is 18.3 Å². The van der Waals surface area contributed by atoms with Crippen LogP contribution in [0.1, 0.15) is 98.2 Å². The number of ether oxygens (including phenoxy) is 3. The minimum absolute atomic E-state index is 0. The number of pyridine rings is 4. The first-order valence-corrected chi connectivity index (χ1v) is 43.1. The van der Waals surface area contributed by atoms with Crippen molar-refractivity contribution in [3.63, 3.8) is 0 Å². The van der Waals surface area contributed by atoms with Gasteiger partial charge in [-0.25, -0.2) is 54.3 Å². The van der Waals surface area contributed by atoms with Gasteiger partial charge in [0.1, 0.15) is 141 Å². The van der Waals surface area contributed by atoms with Crippen molar-refractivity contribution in [2.24, 2.45) is 5.73 Å². The number of aromatic nitrogens is 12. The highest BCUT2D eigenvalue weighted by atomic mass is 35.5. The smallest absolute Gasteiger partial charge is 0.410 e. The average Bonchev–Trinajstić information content (AvgIpc) is 1.58. The number of amides is 8. The molecule has 0 aliphatic carbocycles. The van der Waals surface area contributed by atoms with E-state index in [0.717, 1.165) is 60.0 Å². The number of nitrogens with one attached hydrogen (secondary N) is 10. The van der Waals surface area contributed by atoms with Crippen LogP contribution in [0.4, 0.5) is 49.0 Å². The first kappa shape index (κ1) is 95.7. The third-order valence-electron chi connectivity index (χ3n) is 22.8. The number of halogens is 2. The number of ketones is 1. The molecule has 0 bridgehead atoms. The lowest BCUT2D eigenvalue weighted by atomic mass is 10.1. The lowest BCUT2D eigenvalue weighted by Crippen LogP contribution is -2.54. The topological polar surface area (TPSA) is 557 Å². The molecular formula is C91H93Cl2N27O16. The van der Waals surface area contributed by atoms with Crippen molar-refractivity contribution in [3.05, 3.63) is 328 Å². The Morgan fingerprint density at radius 3 is 1.28 bits per heavy atom. The number of rotatable bonds is 13. The molecule has 11 aromatic rings. The van der Waals surface area contributed by atoms with Crippen LogP contribution in [0, 0.1) is 0 Å². The molecule has 43 nitrogen and oxygen atoms in total. The van der Waals surface area contributed by atoms with Crippen LogP contribution in [0.25, 0.3) is 0 Å². The molecule has 4 spiro atoms. The zero-order valence-corrected chi connectivity index (χ0v) is 73.5. The summed E-state index contributed by atoms with van der Waals surface area (Å²) in [6.07, 6.45) is 17.4. The zero-order valence-electron chi connectivity index (χ0n) is 71.9. The van der Waals surface area contributed by atoms with Gasteiger partial charge in [0.25, 0.3) is 51.8 Å². The Morgan fingerprint density at radius 2 is 0.860 bits per heavy atom. The molecule has 18 heterocycles. The Bertz CT molecular complexity index is 6560. The van der Waals surface area contributed by atoms with Crippen molar-refractivity contribution >= 4 is 111 Å². The second-order valence-electron chi connectivity index (χ2n) is 31.8. The van der Waals surface area contributed by atoms with Gasteiger partial charge in [-0.15, -0.1) is 0 Å². The van der Waals surface area contributed by atoms with Crippen molar-refractivity contribution in [2.45, 2.75) is 82.0 Å².